The molecule has 0 bridgehead atoms. The molecule has 1 atom stereocenters. The van der Waals surface area contributed by atoms with Crippen molar-refractivity contribution in [3.05, 3.63) is 53.8 Å². The second kappa shape index (κ2) is 10.1. The standard InChI is InChI=1S/C22H28FN3O2S/c1-16(22(27)24-19-6-4-5-7-21(19)29-3)26-12-10-25(11-13-26)15-17-8-9-20(28-2)18(23)14-17/h4-9,14,16H,10-13,15H2,1-3H3,(H,24,27)/t16-/m1/s1. The third kappa shape index (κ3) is 5.50. The Morgan fingerprint density at radius 2 is 1.93 bits per heavy atom. The minimum absolute atomic E-state index is 0.0113. The molecule has 0 spiro atoms. The van der Waals surface area contributed by atoms with E-state index < -0.39 is 0 Å². The summed E-state index contributed by atoms with van der Waals surface area (Å²) < 4.78 is 18.9. The van der Waals surface area contributed by atoms with Crippen molar-refractivity contribution in [2.75, 3.05) is 44.9 Å². The number of anilines is 1. The second-order valence-electron chi connectivity index (χ2n) is 7.15. The fourth-order valence-corrected chi connectivity index (χ4v) is 4.08. The van der Waals surface area contributed by atoms with E-state index >= 15 is 0 Å². The van der Waals surface area contributed by atoms with Gasteiger partial charge in [-0.1, -0.05) is 18.2 Å². The minimum atomic E-state index is -0.334. The quantitative estimate of drug-likeness (QED) is 0.696. The summed E-state index contributed by atoms with van der Waals surface area (Å²) in [5.41, 5.74) is 1.79. The first-order valence-electron chi connectivity index (χ1n) is 9.74. The molecule has 0 saturated carbocycles. The number of hydrogen-bond acceptors (Lipinski definition) is 5. The number of nitrogens with zero attached hydrogens (tertiary/aromatic N) is 2. The first-order chi connectivity index (χ1) is 14.0. The number of amides is 1. The smallest absolute Gasteiger partial charge is 0.241 e. The molecule has 0 radical (unpaired) electrons. The van der Waals surface area contributed by atoms with Crippen molar-refractivity contribution in [2.24, 2.45) is 0 Å². The van der Waals surface area contributed by atoms with Gasteiger partial charge in [-0.3, -0.25) is 14.6 Å². The maximum Gasteiger partial charge on any atom is 0.241 e. The van der Waals surface area contributed by atoms with Crippen LogP contribution in [0.15, 0.2) is 47.4 Å². The Kier molecular flexibility index (Phi) is 7.52. The summed E-state index contributed by atoms with van der Waals surface area (Å²) in [6.07, 6.45) is 2.00. The molecule has 1 saturated heterocycles. The fourth-order valence-electron chi connectivity index (χ4n) is 3.53. The Balaban J connectivity index is 1.52. The molecule has 0 unspecified atom stereocenters. The van der Waals surface area contributed by atoms with Crippen molar-refractivity contribution in [3.8, 4) is 5.75 Å². The molecule has 156 valence electrons. The van der Waals surface area contributed by atoms with E-state index in [0.29, 0.717) is 6.54 Å². The van der Waals surface area contributed by atoms with Crippen LogP contribution >= 0.6 is 11.8 Å². The number of thioether (sulfide) groups is 1. The number of methoxy groups -OCH3 is 1. The maximum atomic E-state index is 13.9. The summed E-state index contributed by atoms with van der Waals surface area (Å²) in [7, 11) is 1.47. The molecule has 1 aliphatic heterocycles. The van der Waals surface area contributed by atoms with Gasteiger partial charge in [-0.25, -0.2) is 4.39 Å². The van der Waals surface area contributed by atoms with Gasteiger partial charge < -0.3 is 10.1 Å². The van der Waals surface area contributed by atoms with Crippen molar-refractivity contribution in [1.82, 2.24) is 9.80 Å². The molecule has 1 amide bonds. The van der Waals surface area contributed by atoms with E-state index in [-0.39, 0.29) is 23.5 Å². The summed E-state index contributed by atoms with van der Waals surface area (Å²) in [6, 6.07) is 12.7. The number of piperazine rings is 1. The minimum Gasteiger partial charge on any atom is -0.494 e. The first-order valence-corrected chi connectivity index (χ1v) is 11.0. The van der Waals surface area contributed by atoms with Crippen LogP contribution in [0.2, 0.25) is 0 Å². The SMILES string of the molecule is COc1ccc(CN2CCN([C@H](C)C(=O)Nc3ccccc3SC)CC2)cc1F. The number of hydrogen-bond donors (Lipinski definition) is 1. The topological polar surface area (TPSA) is 44.8 Å². The zero-order valence-corrected chi connectivity index (χ0v) is 18.0. The van der Waals surface area contributed by atoms with E-state index in [1.807, 2.05) is 43.5 Å². The third-order valence-corrected chi connectivity index (χ3v) is 6.12. The second-order valence-corrected chi connectivity index (χ2v) is 7.99. The summed E-state index contributed by atoms with van der Waals surface area (Å²) in [4.78, 5) is 18.3. The molecule has 1 heterocycles. The zero-order valence-electron chi connectivity index (χ0n) is 17.2. The fraction of sp³-hybridized carbons (Fsp3) is 0.409. The maximum absolute atomic E-state index is 13.9. The number of nitrogens with one attached hydrogen (secondary N) is 1. The molecule has 1 aliphatic rings. The Morgan fingerprint density at radius 3 is 2.59 bits per heavy atom. The van der Waals surface area contributed by atoms with Crippen molar-refractivity contribution in [2.45, 2.75) is 24.4 Å². The van der Waals surface area contributed by atoms with Crippen molar-refractivity contribution in [1.29, 1.82) is 0 Å². The van der Waals surface area contributed by atoms with Gasteiger partial charge in [0.2, 0.25) is 5.91 Å². The van der Waals surface area contributed by atoms with Crippen molar-refractivity contribution in [3.63, 3.8) is 0 Å². The number of rotatable bonds is 7. The number of ether oxygens (including phenoxy) is 1. The largest absolute Gasteiger partial charge is 0.494 e. The summed E-state index contributed by atoms with van der Waals surface area (Å²) in [5.74, 6) is -0.0573. The molecule has 2 aromatic rings. The molecule has 5 nitrogen and oxygen atoms in total. The molecule has 29 heavy (non-hydrogen) atoms. The zero-order chi connectivity index (χ0) is 20.8. The van der Waals surface area contributed by atoms with Crippen molar-refractivity contribution >= 4 is 23.4 Å². The number of carbonyl (C=O) groups excluding carboxylic acids is 1. The average Bonchev–Trinajstić information content (AvgIpc) is 2.74. The molecule has 0 aliphatic carbocycles. The van der Waals surface area contributed by atoms with E-state index in [1.54, 1.807) is 17.8 Å². The number of benzene rings is 2. The van der Waals surface area contributed by atoms with Crippen LogP contribution in [0.25, 0.3) is 0 Å². The summed E-state index contributed by atoms with van der Waals surface area (Å²) in [6.45, 7) is 5.93. The van der Waals surface area contributed by atoms with Gasteiger partial charge >= 0.3 is 0 Å². The molecular weight excluding hydrogens is 389 g/mol. The van der Waals surface area contributed by atoms with E-state index in [9.17, 15) is 9.18 Å². The van der Waals surface area contributed by atoms with Crippen LogP contribution in [0, 0.1) is 5.82 Å². The molecule has 3 rings (SSSR count). The lowest BCUT2D eigenvalue weighted by atomic mass is 10.1. The Hall–Kier alpha value is -2.09. The predicted octanol–water partition coefficient (Wildman–Crippen LogP) is 3.70. The molecule has 1 N–H and O–H groups in total. The van der Waals surface area contributed by atoms with Gasteiger partial charge in [0.05, 0.1) is 18.8 Å². The highest BCUT2D eigenvalue weighted by atomic mass is 32.2. The number of halogens is 1. The lowest BCUT2D eigenvalue weighted by Crippen LogP contribution is -2.52. The van der Waals surface area contributed by atoms with Gasteiger partial charge in [-0.15, -0.1) is 11.8 Å². The average molecular weight is 418 g/mol. The van der Waals surface area contributed by atoms with Crippen LogP contribution < -0.4 is 10.1 Å². The lowest BCUT2D eigenvalue weighted by molar-refractivity contribution is -0.121. The van der Waals surface area contributed by atoms with Gasteiger partial charge in [0.1, 0.15) is 0 Å². The first kappa shape index (κ1) is 21.6. The molecular formula is C22H28FN3O2S. The number of para-hydroxylation sites is 1. The van der Waals surface area contributed by atoms with Crippen LogP contribution in [-0.4, -0.2) is 61.3 Å². The Labute approximate surface area is 176 Å². The van der Waals surface area contributed by atoms with Crippen molar-refractivity contribution < 1.29 is 13.9 Å². The molecule has 2 aromatic carbocycles. The summed E-state index contributed by atoms with van der Waals surface area (Å²) in [5, 5.41) is 3.06. The van der Waals surface area contributed by atoms with Crippen LogP contribution in [0.5, 0.6) is 5.75 Å². The van der Waals surface area contributed by atoms with E-state index in [0.717, 1.165) is 42.3 Å². The van der Waals surface area contributed by atoms with Crippen LogP contribution in [0.3, 0.4) is 0 Å². The van der Waals surface area contributed by atoms with Gasteiger partial charge in [0.15, 0.2) is 11.6 Å². The van der Waals surface area contributed by atoms with Gasteiger partial charge in [-0.05, 0) is 43.0 Å². The highest BCUT2D eigenvalue weighted by Crippen LogP contribution is 2.25. The third-order valence-electron chi connectivity index (χ3n) is 5.32. The van der Waals surface area contributed by atoms with Crippen LogP contribution in [0.1, 0.15) is 12.5 Å². The van der Waals surface area contributed by atoms with Gasteiger partial charge in [0, 0.05) is 37.6 Å². The highest BCUT2D eigenvalue weighted by Gasteiger charge is 2.26. The van der Waals surface area contributed by atoms with Crippen LogP contribution in [0.4, 0.5) is 10.1 Å². The highest BCUT2D eigenvalue weighted by molar-refractivity contribution is 7.98. The van der Waals surface area contributed by atoms with Crippen LogP contribution in [-0.2, 0) is 11.3 Å². The molecule has 7 heteroatoms. The molecule has 1 fully saturated rings. The Morgan fingerprint density at radius 1 is 1.21 bits per heavy atom. The normalized spacial score (nSPS) is 16.4. The predicted molar refractivity (Wildman–Crippen MR) is 116 cm³/mol. The van der Waals surface area contributed by atoms with E-state index in [1.165, 1.54) is 13.2 Å². The van der Waals surface area contributed by atoms with Gasteiger partial charge in [0.25, 0.3) is 0 Å². The van der Waals surface area contributed by atoms with Gasteiger partial charge in [-0.2, -0.15) is 0 Å². The number of carbonyl (C=O) groups is 1. The lowest BCUT2D eigenvalue weighted by Gasteiger charge is -2.37. The monoisotopic (exact) mass is 417 g/mol. The summed E-state index contributed by atoms with van der Waals surface area (Å²) >= 11 is 1.62. The van der Waals surface area contributed by atoms with E-state index in [4.69, 9.17) is 4.74 Å². The molecule has 0 aromatic heterocycles. The van der Waals surface area contributed by atoms with E-state index in [2.05, 4.69) is 15.1 Å². The Bertz CT molecular complexity index is 841.